The van der Waals surface area contributed by atoms with Crippen LogP contribution in [0.25, 0.3) is 0 Å². The summed E-state index contributed by atoms with van der Waals surface area (Å²) in [6.07, 6.45) is 0. The summed E-state index contributed by atoms with van der Waals surface area (Å²) in [4.78, 5) is 10.2. The van der Waals surface area contributed by atoms with Crippen molar-refractivity contribution in [3.8, 4) is 0 Å². The van der Waals surface area contributed by atoms with Gasteiger partial charge < -0.3 is 14.4 Å². The van der Waals surface area contributed by atoms with Gasteiger partial charge in [0, 0.05) is 24.7 Å². The number of halogens is 1. The number of benzene rings is 2. The number of likely N-dealkylation sites (N-methyl/N-ethyl adjacent to an activating group) is 1. The van der Waals surface area contributed by atoms with E-state index >= 15 is 0 Å². The van der Waals surface area contributed by atoms with Gasteiger partial charge in [0.15, 0.2) is 0 Å². The monoisotopic (exact) mass is 501 g/mol. The Morgan fingerprint density at radius 3 is 2.18 bits per heavy atom. The van der Waals surface area contributed by atoms with Gasteiger partial charge in [0.05, 0.1) is 50.4 Å². The maximum Gasteiger partial charge on any atom is 0.271 e. The van der Waals surface area contributed by atoms with Crippen LogP contribution in [0.1, 0.15) is 18.5 Å². The van der Waals surface area contributed by atoms with Crippen molar-refractivity contribution >= 4 is 39.1 Å². The smallest absolute Gasteiger partial charge is 0.271 e. The SMILES string of the molecule is CC(NCC[N+](C)(C)C)c1ccc(N=Nc2ccc([N+](=O)[O-])cc2Cl)cc1.COS(=O)(=O)[O-]. The quantitative estimate of drug-likeness (QED) is 0.136. The van der Waals surface area contributed by atoms with E-state index in [1.54, 1.807) is 0 Å². The van der Waals surface area contributed by atoms with Crippen molar-refractivity contribution in [3.63, 3.8) is 0 Å². The summed E-state index contributed by atoms with van der Waals surface area (Å²) in [5.74, 6) is 0. The second kappa shape index (κ2) is 12.7. The lowest BCUT2D eigenvalue weighted by Crippen LogP contribution is -2.40. The van der Waals surface area contributed by atoms with E-state index in [0.717, 1.165) is 24.7 Å². The lowest BCUT2D eigenvalue weighted by molar-refractivity contribution is -0.869. The molecule has 2 rings (SSSR count). The molecule has 0 aliphatic rings. The maximum absolute atomic E-state index is 10.7. The van der Waals surface area contributed by atoms with Crippen molar-refractivity contribution < 1.29 is 26.6 Å². The Labute approximate surface area is 198 Å². The van der Waals surface area contributed by atoms with Gasteiger partial charge >= 0.3 is 0 Å². The third-order valence-electron chi connectivity index (χ3n) is 4.25. The maximum atomic E-state index is 10.7. The Morgan fingerprint density at radius 2 is 1.73 bits per heavy atom. The zero-order chi connectivity index (χ0) is 25.2. The predicted octanol–water partition coefficient (Wildman–Crippen LogP) is 4.11. The van der Waals surface area contributed by atoms with Crippen LogP contribution in [-0.2, 0) is 14.6 Å². The van der Waals surface area contributed by atoms with E-state index < -0.39 is 15.3 Å². The molecule has 33 heavy (non-hydrogen) atoms. The molecule has 13 heteroatoms. The van der Waals surface area contributed by atoms with Crippen LogP contribution in [-0.4, -0.2) is 63.7 Å². The molecular formula is C20H28ClN5O6S. The minimum Gasteiger partial charge on any atom is -0.726 e. The second-order valence-electron chi connectivity index (χ2n) is 7.95. The summed E-state index contributed by atoms with van der Waals surface area (Å²) in [5, 5.41) is 22.7. The topological polar surface area (TPSA) is 146 Å². The number of nitro benzene ring substituents is 1. The Morgan fingerprint density at radius 1 is 1.15 bits per heavy atom. The average Bonchev–Trinajstić information content (AvgIpc) is 2.72. The third kappa shape index (κ3) is 11.8. The summed E-state index contributed by atoms with van der Waals surface area (Å²) in [6.45, 7) is 4.11. The van der Waals surface area contributed by atoms with E-state index in [9.17, 15) is 23.1 Å². The molecule has 0 radical (unpaired) electrons. The molecule has 0 fully saturated rings. The fourth-order valence-corrected chi connectivity index (χ4v) is 2.58. The van der Waals surface area contributed by atoms with Gasteiger partial charge in [0.1, 0.15) is 5.69 Å². The van der Waals surface area contributed by atoms with Crippen LogP contribution >= 0.6 is 11.6 Å². The van der Waals surface area contributed by atoms with Crippen LogP contribution in [0, 0.1) is 10.1 Å². The molecule has 11 nitrogen and oxygen atoms in total. The van der Waals surface area contributed by atoms with E-state index in [0.29, 0.717) is 11.4 Å². The number of nitrogens with one attached hydrogen (secondary N) is 1. The van der Waals surface area contributed by atoms with Gasteiger partial charge in [0.2, 0.25) is 10.4 Å². The minimum atomic E-state index is -4.41. The molecule has 1 unspecified atom stereocenters. The largest absolute Gasteiger partial charge is 0.726 e. The number of quaternary nitrogens is 1. The highest BCUT2D eigenvalue weighted by Gasteiger charge is 2.10. The molecule has 0 bridgehead atoms. The first-order valence-electron chi connectivity index (χ1n) is 9.73. The number of nitro groups is 1. The van der Waals surface area contributed by atoms with Gasteiger partial charge in [-0.05, 0) is 30.7 Å². The normalized spacial score (nSPS) is 12.8. The number of hydrogen-bond donors (Lipinski definition) is 1. The molecule has 0 saturated carbocycles. The molecule has 2 aromatic rings. The highest BCUT2D eigenvalue weighted by Crippen LogP contribution is 2.30. The van der Waals surface area contributed by atoms with Gasteiger partial charge in [-0.15, -0.1) is 5.11 Å². The van der Waals surface area contributed by atoms with E-state index in [-0.39, 0.29) is 16.8 Å². The van der Waals surface area contributed by atoms with Crippen LogP contribution < -0.4 is 5.32 Å². The van der Waals surface area contributed by atoms with Crippen molar-refractivity contribution in [1.82, 2.24) is 5.32 Å². The van der Waals surface area contributed by atoms with E-state index in [1.165, 1.54) is 23.8 Å². The Hall–Kier alpha value is -2.48. The Kier molecular flexibility index (Phi) is 11.0. The third-order valence-corrected chi connectivity index (χ3v) is 4.96. The zero-order valence-electron chi connectivity index (χ0n) is 19.1. The van der Waals surface area contributed by atoms with Crippen molar-refractivity contribution in [2.45, 2.75) is 13.0 Å². The zero-order valence-corrected chi connectivity index (χ0v) is 20.6. The number of azo groups is 1. The number of hydrogen-bond acceptors (Lipinski definition) is 9. The standard InChI is InChI=1S/C19H25ClN5O2.CH4O4S/c1-14(21-11-12-25(2,3)4)15-5-7-16(8-6-15)22-23-19-10-9-17(24(26)27)13-18(19)20;1-5-6(2,3)4/h5-10,13-14,21H,11-12H2,1-4H3;1H3,(H,2,3,4)/q+1;/p-1. The van der Waals surface area contributed by atoms with Crippen molar-refractivity contribution in [3.05, 3.63) is 63.2 Å². The number of nitrogens with zero attached hydrogens (tertiary/aromatic N) is 4. The van der Waals surface area contributed by atoms with E-state index in [2.05, 4.69) is 47.8 Å². The summed E-state index contributed by atoms with van der Waals surface area (Å²) < 4.78 is 31.9. The molecule has 0 spiro atoms. The fourth-order valence-electron chi connectivity index (χ4n) is 2.37. The van der Waals surface area contributed by atoms with E-state index in [4.69, 9.17) is 11.6 Å². The summed E-state index contributed by atoms with van der Waals surface area (Å²) in [7, 11) is 2.91. The molecule has 0 aromatic heterocycles. The highest BCUT2D eigenvalue weighted by atomic mass is 35.5. The fraction of sp³-hybridized carbons (Fsp3) is 0.400. The summed E-state index contributed by atoms with van der Waals surface area (Å²) in [6, 6.07) is 12.1. The summed E-state index contributed by atoms with van der Waals surface area (Å²) >= 11 is 6.02. The first kappa shape index (κ1) is 28.6. The number of non-ortho nitro benzene ring substituents is 1. The van der Waals surface area contributed by atoms with Crippen LogP contribution in [0.4, 0.5) is 17.1 Å². The first-order chi connectivity index (χ1) is 15.2. The predicted molar refractivity (Wildman–Crippen MR) is 125 cm³/mol. The Bertz CT molecular complexity index is 1060. The molecule has 0 saturated heterocycles. The molecule has 0 heterocycles. The molecule has 2 aromatic carbocycles. The van der Waals surface area contributed by atoms with Crippen molar-refractivity contribution in [1.29, 1.82) is 0 Å². The highest BCUT2D eigenvalue weighted by molar-refractivity contribution is 7.80. The average molecular weight is 502 g/mol. The molecule has 182 valence electrons. The minimum absolute atomic E-state index is 0.0740. The molecule has 0 aliphatic carbocycles. The molecule has 1 atom stereocenters. The lowest BCUT2D eigenvalue weighted by Gasteiger charge is -2.25. The summed E-state index contributed by atoms with van der Waals surface area (Å²) in [5.41, 5.74) is 2.17. The lowest BCUT2D eigenvalue weighted by atomic mass is 10.1. The van der Waals surface area contributed by atoms with Crippen LogP contribution in [0.5, 0.6) is 0 Å². The van der Waals surface area contributed by atoms with Crippen LogP contribution in [0.15, 0.2) is 52.7 Å². The molecule has 0 amide bonds. The molecule has 1 N–H and O–H groups in total. The van der Waals surface area contributed by atoms with Gasteiger partial charge in [-0.1, -0.05) is 23.7 Å². The van der Waals surface area contributed by atoms with Gasteiger partial charge in [-0.2, -0.15) is 5.11 Å². The van der Waals surface area contributed by atoms with Crippen LogP contribution in [0.2, 0.25) is 5.02 Å². The van der Waals surface area contributed by atoms with Gasteiger partial charge in [-0.25, -0.2) is 8.42 Å². The second-order valence-corrected chi connectivity index (χ2v) is 9.51. The first-order valence-corrected chi connectivity index (χ1v) is 11.4. The van der Waals surface area contributed by atoms with Gasteiger partial charge in [-0.3, -0.25) is 14.3 Å². The van der Waals surface area contributed by atoms with Gasteiger partial charge in [0.25, 0.3) is 5.69 Å². The molecule has 0 aliphatic heterocycles. The number of rotatable bonds is 9. The van der Waals surface area contributed by atoms with Crippen molar-refractivity contribution in [2.24, 2.45) is 10.2 Å². The molecular weight excluding hydrogens is 474 g/mol. The Balaban J connectivity index is 0.000000801. The van der Waals surface area contributed by atoms with E-state index in [1.807, 2.05) is 24.3 Å². The van der Waals surface area contributed by atoms with Crippen LogP contribution in [0.3, 0.4) is 0 Å². The van der Waals surface area contributed by atoms with Crippen molar-refractivity contribution in [2.75, 3.05) is 41.3 Å².